The van der Waals surface area contributed by atoms with Crippen molar-refractivity contribution in [3.63, 3.8) is 0 Å². The van der Waals surface area contributed by atoms with E-state index in [1.165, 1.54) is 12.3 Å². The fraction of sp³-hybridized carbons (Fsp3) is 0.462. The lowest BCUT2D eigenvalue weighted by Gasteiger charge is -2.28. The first-order chi connectivity index (χ1) is 16.0. The molecule has 0 saturated heterocycles. The average Bonchev–Trinajstić information content (AvgIpc) is 3.45. The molecule has 7 heteroatoms. The molecular weight excluding hydrogens is 420 g/mol. The highest BCUT2D eigenvalue weighted by atomic mass is 16.5. The molecule has 33 heavy (non-hydrogen) atoms. The summed E-state index contributed by atoms with van der Waals surface area (Å²) in [6.45, 7) is 9.99. The van der Waals surface area contributed by atoms with Gasteiger partial charge < -0.3 is 24.1 Å². The largest absolute Gasteiger partial charge is 0.503 e. The number of furan rings is 1. The Morgan fingerprint density at radius 1 is 1.15 bits per heavy atom. The number of unbranched alkanes of at least 4 members (excludes halogenated alkanes) is 1. The van der Waals surface area contributed by atoms with Gasteiger partial charge in [0.2, 0.25) is 5.78 Å². The van der Waals surface area contributed by atoms with Crippen LogP contribution in [0.15, 0.2) is 58.4 Å². The first-order valence-corrected chi connectivity index (χ1v) is 11.8. The Bertz CT molecular complexity index is 963. The Kier molecular flexibility index (Phi) is 8.72. The molecule has 0 bridgehead atoms. The van der Waals surface area contributed by atoms with Crippen LogP contribution in [0.3, 0.4) is 0 Å². The molecular formula is C26H34N2O5. The molecule has 0 aliphatic carbocycles. The monoisotopic (exact) mass is 454 g/mol. The van der Waals surface area contributed by atoms with Crippen LogP contribution in [0.5, 0.6) is 5.75 Å². The summed E-state index contributed by atoms with van der Waals surface area (Å²) in [5, 5.41) is 10.8. The van der Waals surface area contributed by atoms with E-state index in [1.807, 2.05) is 24.3 Å². The summed E-state index contributed by atoms with van der Waals surface area (Å²) in [7, 11) is 0. The predicted octanol–water partition coefficient (Wildman–Crippen LogP) is 4.77. The summed E-state index contributed by atoms with van der Waals surface area (Å²) < 4.78 is 11.1. The van der Waals surface area contributed by atoms with Gasteiger partial charge in [0.1, 0.15) is 5.75 Å². The third kappa shape index (κ3) is 5.66. The van der Waals surface area contributed by atoms with Crippen LogP contribution in [0, 0.1) is 0 Å². The lowest BCUT2D eigenvalue weighted by Crippen LogP contribution is -2.34. The van der Waals surface area contributed by atoms with Crippen molar-refractivity contribution in [1.82, 2.24) is 9.80 Å². The predicted molar refractivity (Wildman–Crippen MR) is 126 cm³/mol. The highest BCUT2D eigenvalue weighted by molar-refractivity contribution is 6.15. The number of ketones is 1. The molecule has 0 fully saturated rings. The second-order valence-corrected chi connectivity index (χ2v) is 8.12. The van der Waals surface area contributed by atoms with Crippen molar-refractivity contribution in [3.05, 3.63) is 65.3 Å². The van der Waals surface area contributed by atoms with E-state index in [-0.39, 0.29) is 11.3 Å². The third-order valence-electron chi connectivity index (χ3n) is 6.00. The number of aliphatic hydroxyl groups excluding tert-OH is 1. The smallest absolute Gasteiger partial charge is 0.290 e. The number of Topliss-reactive ketones (excluding diaryl/α,β-unsaturated/α-hetero) is 1. The van der Waals surface area contributed by atoms with Gasteiger partial charge in [-0.15, -0.1) is 0 Å². The molecule has 2 aromatic rings. The maximum absolute atomic E-state index is 13.2. The van der Waals surface area contributed by atoms with Gasteiger partial charge in [0, 0.05) is 6.54 Å². The number of ether oxygens (including phenoxy) is 1. The van der Waals surface area contributed by atoms with Crippen molar-refractivity contribution < 1.29 is 23.8 Å². The molecule has 7 nitrogen and oxygen atoms in total. The van der Waals surface area contributed by atoms with E-state index >= 15 is 0 Å². The Hall–Kier alpha value is -3.06. The van der Waals surface area contributed by atoms with Crippen LogP contribution < -0.4 is 4.74 Å². The molecule has 2 heterocycles. The van der Waals surface area contributed by atoms with Crippen LogP contribution in [0.25, 0.3) is 0 Å². The van der Waals surface area contributed by atoms with Crippen molar-refractivity contribution in [2.75, 3.05) is 32.8 Å². The summed E-state index contributed by atoms with van der Waals surface area (Å²) in [5.41, 5.74) is 0.766. The maximum atomic E-state index is 13.2. The first kappa shape index (κ1) is 24.6. The van der Waals surface area contributed by atoms with E-state index in [4.69, 9.17) is 9.15 Å². The van der Waals surface area contributed by atoms with Gasteiger partial charge in [0.05, 0.1) is 24.5 Å². The molecule has 0 radical (unpaired) electrons. The first-order valence-electron chi connectivity index (χ1n) is 11.8. The van der Waals surface area contributed by atoms with Crippen molar-refractivity contribution in [2.24, 2.45) is 0 Å². The minimum absolute atomic E-state index is 0.0449. The molecule has 1 aliphatic rings. The van der Waals surface area contributed by atoms with Gasteiger partial charge in [0.15, 0.2) is 11.5 Å². The molecule has 1 aromatic heterocycles. The molecule has 1 unspecified atom stereocenters. The zero-order valence-corrected chi connectivity index (χ0v) is 19.8. The van der Waals surface area contributed by atoms with Crippen LogP contribution in [-0.4, -0.2) is 59.4 Å². The van der Waals surface area contributed by atoms with Gasteiger partial charge in [-0.3, -0.25) is 9.59 Å². The fourth-order valence-corrected chi connectivity index (χ4v) is 4.12. The summed E-state index contributed by atoms with van der Waals surface area (Å²) in [4.78, 5) is 30.2. The van der Waals surface area contributed by atoms with Crippen molar-refractivity contribution >= 4 is 11.7 Å². The van der Waals surface area contributed by atoms with Gasteiger partial charge in [-0.2, -0.15) is 0 Å². The molecule has 3 rings (SSSR count). The lowest BCUT2D eigenvalue weighted by molar-refractivity contribution is -0.129. The molecule has 1 aliphatic heterocycles. The topological polar surface area (TPSA) is 83.2 Å². The average molecular weight is 455 g/mol. The van der Waals surface area contributed by atoms with E-state index in [2.05, 4.69) is 25.7 Å². The molecule has 1 atom stereocenters. The Labute approximate surface area is 195 Å². The molecule has 1 aromatic carbocycles. The lowest BCUT2D eigenvalue weighted by atomic mass is 9.95. The number of hydrogen-bond donors (Lipinski definition) is 1. The van der Waals surface area contributed by atoms with Gasteiger partial charge in [-0.1, -0.05) is 39.3 Å². The number of rotatable bonds is 13. The number of hydrogen-bond acceptors (Lipinski definition) is 6. The van der Waals surface area contributed by atoms with E-state index in [1.54, 1.807) is 11.0 Å². The zero-order valence-electron chi connectivity index (χ0n) is 19.8. The Balaban J connectivity index is 1.92. The SMILES string of the molecule is CCCCOc1cccc(C2C(C(=O)c3ccco3)=C(O)C(=O)N2CCCN(CC)CC)c1. The summed E-state index contributed by atoms with van der Waals surface area (Å²) in [5.74, 6) is -0.768. The number of aliphatic hydroxyl groups is 1. The van der Waals surface area contributed by atoms with E-state index in [9.17, 15) is 14.7 Å². The molecule has 0 saturated carbocycles. The van der Waals surface area contributed by atoms with E-state index in [0.717, 1.165) is 44.5 Å². The zero-order chi connectivity index (χ0) is 23.8. The second-order valence-electron chi connectivity index (χ2n) is 8.12. The van der Waals surface area contributed by atoms with Gasteiger partial charge in [0.25, 0.3) is 5.91 Å². The molecule has 1 N–H and O–H groups in total. The Morgan fingerprint density at radius 3 is 2.61 bits per heavy atom. The number of nitrogens with zero attached hydrogens (tertiary/aromatic N) is 2. The maximum Gasteiger partial charge on any atom is 0.290 e. The summed E-state index contributed by atoms with van der Waals surface area (Å²) in [6, 6.07) is 9.85. The minimum Gasteiger partial charge on any atom is -0.503 e. The fourth-order valence-electron chi connectivity index (χ4n) is 4.12. The van der Waals surface area contributed by atoms with Crippen molar-refractivity contribution in [2.45, 2.75) is 46.1 Å². The van der Waals surface area contributed by atoms with Gasteiger partial charge in [-0.05, 0) is 62.3 Å². The third-order valence-corrected chi connectivity index (χ3v) is 6.00. The van der Waals surface area contributed by atoms with Crippen LogP contribution in [0.2, 0.25) is 0 Å². The van der Waals surface area contributed by atoms with Crippen LogP contribution in [0.4, 0.5) is 0 Å². The molecule has 1 amide bonds. The van der Waals surface area contributed by atoms with Gasteiger partial charge in [-0.25, -0.2) is 0 Å². The van der Waals surface area contributed by atoms with Crippen LogP contribution in [-0.2, 0) is 4.79 Å². The van der Waals surface area contributed by atoms with Crippen molar-refractivity contribution in [3.8, 4) is 5.75 Å². The standard InChI is InChI=1S/C26H34N2O5/c1-4-7-16-32-20-12-8-11-19(18-20)23-22(24(29)21-13-9-17-33-21)25(30)26(31)28(23)15-10-14-27(5-2)6-3/h8-9,11-13,17-18,23,30H,4-7,10,14-16H2,1-3H3. The summed E-state index contributed by atoms with van der Waals surface area (Å²) >= 11 is 0. The van der Waals surface area contributed by atoms with Gasteiger partial charge >= 0.3 is 0 Å². The normalized spacial score (nSPS) is 16.2. The summed E-state index contributed by atoms with van der Waals surface area (Å²) in [6.07, 6.45) is 4.09. The van der Waals surface area contributed by atoms with Crippen molar-refractivity contribution in [1.29, 1.82) is 0 Å². The highest BCUT2D eigenvalue weighted by Crippen LogP contribution is 2.40. The number of benzene rings is 1. The number of carbonyl (C=O) groups excluding carboxylic acids is 2. The molecule has 0 spiro atoms. The van der Waals surface area contributed by atoms with Crippen LogP contribution >= 0.6 is 0 Å². The number of amides is 1. The quantitative estimate of drug-likeness (QED) is 0.347. The second kappa shape index (κ2) is 11.7. The number of carbonyl (C=O) groups is 2. The van der Waals surface area contributed by atoms with E-state index < -0.39 is 23.5 Å². The highest BCUT2D eigenvalue weighted by Gasteiger charge is 2.44. The molecule has 178 valence electrons. The Morgan fingerprint density at radius 2 is 1.94 bits per heavy atom. The van der Waals surface area contributed by atoms with E-state index in [0.29, 0.717) is 18.9 Å². The van der Waals surface area contributed by atoms with Crippen LogP contribution in [0.1, 0.15) is 62.2 Å². The minimum atomic E-state index is -0.707.